The van der Waals surface area contributed by atoms with Crippen LogP contribution >= 0.6 is 0 Å². The zero-order chi connectivity index (χ0) is 27.2. The van der Waals surface area contributed by atoms with E-state index in [0.29, 0.717) is 11.3 Å². The fraction of sp³-hybridized carbons (Fsp3) is 0.464. The van der Waals surface area contributed by atoms with Crippen LogP contribution < -0.4 is 10.6 Å². The Morgan fingerprint density at radius 3 is 2.03 bits per heavy atom. The monoisotopic (exact) mass is 497 g/mol. The largest absolute Gasteiger partial charge is 0.508 e. The van der Waals surface area contributed by atoms with Gasteiger partial charge < -0.3 is 25.4 Å². The highest BCUT2D eigenvalue weighted by molar-refractivity contribution is 6.00. The summed E-state index contributed by atoms with van der Waals surface area (Å²) in [5.41, 5.74) is 2.29. The minimum atomic E-state index is -0.996. The summed E-state index contributed by atoms with van der Waals surface area (Å²) in [5, 5.41) is 15.5. The molecule has 0 spiro atoms. The number of carbonyl (C=O) groups excluding carboxylic acids is 3. The maximum Gasteiger partial charge on any atom is 0.408 e. The van der Waals surface area contributed by atoms with Crippen molar-refractivity contribution in [2.45, 2.75) is 73.1 Å². The van der Waals surface area contributed by atoms with Gasteiger partial charge in [-0.1, -0.05) is 44.2 Å². The maximum absolute atomic E-state index is 13.8. The number of hydrogen-bond acceptors (Lipinski definition) is 5. The first-order valence-electron chi connectivity index (χ1n) is 12.2. The molecule has 2 aromatic rings. The molecular weight excluding hydrogens is 458 g/mol. The molecule has 0 aliphatic carbocycles. The number of nitrogens with zero attached hydrogens (tertiary/aromatic N) is 1. The van der Waals surface area contributed by atoms with E-state index in [1.807, 2.05) is 45.9 Å². The first-order chi connectivity index (χ1) is 16.7. The predicted molar refractivity (Wildman–Crippen MR) is 141 cm³/mol. The Hall–Kier alpha value is -3.55. The molecular formula is C28H39N3O5. The van der Waals surface area contributed by atoms with Gasteiger partial charge in [0.25, 0.3) is 5.91 Å². The molecule has 2 rings (SSSR count). The van der Waals surface area contributed by atoms with Gasteiger partial charge in [-0.15, -0.1) is 0 Å². The number of rotatable bonds is 8. The number of benzene rings is 2. The molecule has 36 heavy (non-hydrogen) atoms. The van der Waals surface area contributed by atoms with E-state index in [1.54, 1.807) is 39.8 Å². The third kappa shape index (κ3) is 7.47. The van der Waals surface area contributed by atoms with Crippen LogP contribution in [0.4, 0.5) is 10.5 Å². The SMILES string of the molecule is CCN(C(=O)C(NC(=O)OC(C)(C)C)C(C)C)C(C(=O)Nc1c(C)cccc1C)c1ccc(O)cc1. The van der Waals surface area contributed by atoms with Crippen molar-refractivity contribution in [2.75, 3.05) is 11.9 Å². The molecule has 0 aliphatic rings. The van der Waals surface area contributed by atoms with Gasteiger partial charge in [-0.2, -0.15) is 0 Å². The minimum Gasteiger partial charge on any atom is -0.508 e. The molecule has 2 aromatic carbocycles. The summed E-state index contributed by atoms with van der Waals surface area (Å²) in [6, 6.07) is 10.0. The second-order valence-electron chi connectivity index (χ2n) is 10.2. The quantitative estimate of drug-likeness (QED) is 0.471. The Labute approximate surface area is 214 Å². The molecule has 0 aromatic heterocycles. The summed E-state index contributed by atoms with van der Waals surface area (Å²) in [5.74, 6) is -1.02. The van der Waals surface area contributed by atoms with Gasteiger partial charge in [-0.25, -0.2) is 4.79 Å². The first-order valence-corrected chi connectivity index (χ1v) is 12.2. The standard InChI is InChI=1S/C28H39N3O5/c1-9-31(26(34)22(17(2)3)30-27(35)36-28(6,7)8)24(20-13-15-21(32)16-14-20)25(33)29-23-18(4)11-10-12-19(23)5/h10-17,22,24,32H,9H2,1-8H3,(H,29,33)(H,30,35). The van der Waals surface area contributed by atoms with Gasteiger partial charge in [-0.3, -0.25) is 9.59 Å². The van der Waals surface area contributed by atoms with Gasteiger partial charge >= 0.3 is 6.09 Å². The number of phenols is 1. The molecule has 8 nitrogen and oxygen atoms in total. The molecule has 196 valence electrons. The van der Waals surface area contributed by atoms with Crippen molar-refractivity contribution in [2.24, 2.45) is 5.92 Å². The number of aryl methyl sites for hydroxylation is 2. The highest BCUT2D eigenvalue weighted by atomic mass is 16.6. The van der Waals surface area contributed by atoms with Gasteiger partial charge in [0.05, 0.1) is 0 Å². The predicted octanol–water partition coefficient (Wildman–Crippen LogP) is 5.09. The molecule has 0 heterocycles. The number of anilines is 1. The van der Waals surface area contributed by atoms with Crippen molar-refractivity contribution in [1.29, 1.82) is 0 Å². The lowest BCUT2D eigenvalue weighted by Gasteiger charge is -2.35. The van der Waals surface area contributed by atoms with Crippen LogP contribution in [0.3, 0.4) is 0 Å². The number of para-hydroxylation sites is 1. The van der Waals surface area contributed by atoms with Crippen molar-refractivity contribution in [3.63, 3.8) is 0 Å². The summed E-state index contributed by atoms with van der Waals surface area (Å²) in [6.07, 6.45) is -0.702. The zero-order valence-corrected chi connectivity index (χ0v) is 22.5. The van der Waals surface area contributed by atoms with Gasteiger partial charge in [0.1, 0.15) is 23.4 Å². The summed E-state index contributed by atoms with van der Waals surface area (Å²) < 4.78 is 5.37. The van der Waals surface area contributed by atoms with Crippen LogP contribution in [0, 0.1) is 19.8 Å². The normalized spacial score (nSPS) is 13.0. The van der Waals surface area contributed by atoms with Crippen LogP contribution in [-0.4, -0.2) is 46.1 Å². The van der Waals surface area contributed by atoms with E-state index in [9.17, 15) is 19.5 Å². The van der Waals surface area contributed by atoms with Crippen LogP contribution in [0.15, 0.2) is 42.5 Å². The number of aromatic hydroxyl groups is 1. The average Bonchev–Trinajstić information content (AvgIpc) is 2.77. The number of carbonyl (C=O) groups is 3. The second-order valence-corrected chi connectivity index (χ2v) is 10.2. The van der Waals surface area contributed by atoms with E-state index in [0.717, 1.165) is 11.1 Å². The van der Waals surface area contributed by atoms with Gasteiger partial charge in [0, 0.05) is 12.2 Å². The van der Waals surface area contributed by atoms with Crippen LogP contribution in [-0.2, 0) is 14.3 Å². The second kappa shape index (κ2) is 11.9. The van der Waals surface area contributed by atoms with Crippen LogP contribution in [0.2, 0.25) is 0 Å². The first kappa shape index (κ1) is 28.7. The number of nitrogens with one attached hydrogen (secondary N) is 2. The van der Waals surface area contributed by atoms with Crippen molar-refractivity contribution in [3.05, 3.63) is 59.2 Å². The molecule has 0 aliphatic heterocycles. The molecule has 0 saturated carbocycles. The van der Waals surface area contributed by atoms with E-state index >= 15 is 0 Å². The smallest absolute Gasteiger partial charge is 0.408 e. The molecule has 3 amide bonds. The van der Waals surface area contributed by atoms with Gasteiger partial charge in [-0.05, 0) is 76.3 Å². The Morgan fingerprint density at radius 1 is 1.00 bits per heavy atom. The highest BCUT2D eigenvalue weighted by Gasteiger charge is 2.37. The zero-order valence-electron chi connectivity index (χ0n) is 22.5. The van der Waals surface area contributed by atoms with E-state index in [4.69, 9.17) is 4.74 Å². The molecule has 0 saturated heterocycles. The van der Waals surface area contributed by atoms with E-state index in [-0.39, 0.29) is 18.2 Å². The Kier molecular flexibility index (Phi) is 9.50. The summed E-state index contributed by atoms with van der Waals surface area (Å²) in [6.45, 7) is 14.7. The number of ether oxygens (including phenoxy) is 1. The van der Waals surface area contributed by atoms with Gasteiger partial charge in [0.2, 0.25) is 5.91 Å². The third-order valence-corrected chi connectivity index (χ3v) is 5.73. The topological polar surface area (TPSA) is 108 Å². The van der Waals surface area contributed by atoms with E-state index < -0.39 is 35.6 Å². The number of alkyl carbamates (subject to hydrolysis) is 1. The van der Waals surface area contributed by atoms with Crippen LogP contribution in [0.25, 0.3) is 0 Å². The maximum atomic E-state index is 13.8. The number of hydrogen-bond donors (Lipinski definition) is 3. The lowest BCUT2D eigenvalue weighted by Crippen LogP contribution is -2.54. The Bertz CT molecular complexity index is 1050. The fourth-order valence-electron chi connectivity index (χ4n) is 3.93. The lowest BCUT2D eigenvalue weighted by atomic mass is 9.98. The average molecular weight is 498 g/mol. The summed E-state index contributed by atoms with van der Waals surface area (Å²) in [4.78, 5) is 41.5. The van der Waals surface area contributed by atoms with Crippen molar-refractivity contribution in [1.82, 2.24) is 10.2 Å². The molecule has 0 radical (unpaired) electrons. The van der Waals surface area contributed by atoms with E-state index in [2.05, 4.69) is 10.6 Å². The number of amides is 3. The minimum absolute atomic E-state index is 0.0497. The van der Waals surface area contributed by atoms with Crippen molar-refractivity contribution >= 4 is 23.6 Å². The molecule has 0 bridgehead atoms. The van der Waals surface area contributed by atoms with Crippen molar-refractivity contribution < 1.29 is 24.2 Å². The Balaban J connectivity index is 2.47. The number of likely N-dealkylation sites (N-methyl/N-ethyl adjacent to an activating group) is 1. The van der Waals surface area contributed by atoms with Crippen LogP contribution in [0.1, 0.15) is 64.3 Å². The van der Waals surface area contributed by atoms with Crippen molar-refractivity contribution in [3.8, 4) is 5.75 Å². The molecule has 2 unspecified atom stereocenters. The molecule has 2 atom stereocenters. The Morgan fingerprint density at radius 2 is 1.56 bits per heavy atom. The van der Waals surface area contributed by atoms with E-state index in [1.165, 1.54) is 17.0 Å². The summed E-state index contributed by atoms with van der Waals surface area (Å²) in [7, 11) is 0. The molecule has 3 N–H and O–H groups in total. The third-order valence-electron chi connectivity index (χ3n) is 5.73. The lowest BCUT2D eigenvalue weighted by molar-refractivity contribution is -0.141. The fourth-order valence-corrected chi connectivity index (χ4v) is 3.93. The van der Waals surface area contributed by atoms with Gasteiger partial charge in [0.15, 0.2) is 0 Å². The molecule has 8 heteroatoms. The van der Waals surface area contributed by atoms with Crippen LogP contribution in [0.5, 0.6) is 5.75 Å². The summed E-state index contributed by atoms with van der Waals surface area (Å²) >= 11 is 0. The molecule has 0 fully saturated rings. The highest BCUT2D eigenvalue weighted by Crippen LogP contribution is 2.28. The number of phenolic OH excluding ortho intramolecular Hbond substituents is 1.